The van der Waals surface area contributed by atoms with Gasteiger partial charge < -0.3 is 18.2 Å². The highest BCUT2D eigenvalue weighted by atomic mass is 16.3. The SMILES string of the molecule is c1ccc2cc3cc(N(c4ccc5c(c4)oc4cnccc45)c4ccc5c(c4)oc4nc(N(c6ccc7cc8ccccc8cc7c6)c6ccc7c(c6)oc6cnccc67)ccc45)ccc3cc2c1. The van der Waals surface area contributed by atoms with Gasteiger partial charge in [0.05, 0.1) is 18.1 Å². The Kier molecular flexibility index (Phi) is 7.91. The van der Waals surface area contributed by atoms with Gasteiger partial charge in [0.1, 0.15) is 22.6 Å². The Morgan fingerprint density at radius 1 is 0.290 bits per heavy atom. The van der Waals surface area contributed by atoms with E-state index >= 15 is 0 Å². The molecular weight excluding hydrogens is 851 g/mol. The van der Waals surface area contributed by atoms with E-state index < -0.39 is 0 Å². The molecule has 6 heterocycles. The zero-order chi connectivity index (χ0) is 45.2. The van der Waals surface area contributed by atoms with Crippen molar-refractivity contribution in [1.29, 1.82) is 0 Å². The fourth-order valence-electron chi connectivity index (χ4n) is 10.4. The smallest absolute Gasteiger partial charge is 0.229 e. The molecule has 322 valence electrons. The summed E-state index contributed by atoms with van der Waals surface area (Å²) in [5.74, 6) is 0.707. The van der Waals surface area contributed by atoms with Crippen LogP contribution in [0.15, 0.2) is 226 Å². The monoisotopic (exact) mass is 885 g/mol. The van der Waals surface area contributed by atoms with E-state index in [1.165, 1.54) is 26.9 Å². The van der Waals surface area contributed by atoms with Crippen LogP contribution in [0.25, 0.3) is 109 Å². The van der Waals surface area contributed by atoms with Gasteiger partial charge in [0, 0.05) is 85.7 Å². The number of rotatable bonds is 6. The fraction of sp³-hybridized carbons (Fsp3) is 0. The first-order chi connectivity index (χ1) is 34.1. The number of aromatic nitrogens is 3. The van der Waals surface area contributed by atoms with Gasteiger partial charge in [0.25, 0.3) is 0 Å². The number of hydrogen-bond donors (Lipinski definition) is 0. The van der Waals surface area contributed by atoms with Crippen molar-refractivity contribution in [2.75, 3.05) is 9.80 Å². The molecule has 15 rings (SSSR count). The molecule has 8 nitrogen and oxygen atoms in total. The quantitative estimate of drug-likeness (QED) is 0.153. The Hall–Kier alpha value is -9.53. The van der Waals surface area contributed by atoms with Crippen molar-refractivity contribution in [3.63, 3.8) is 0 Å². The Bertz CT molecular complexity index is 4320. The molecule has 6 aromatic heterocycles. The zero-order valence-electron chi connectivity index (χ0n) is 36.7. The molecule has 0 atom stereocenters. The number of pyridine rings is 3. The van der Waals surface area contributed by atoms with Crippen LogP contribution in [0.1, 0.15) is 0 Å². The van der Waals surface area contributed by atoms with E-state index in [9.17, 15) is 0 Å². The lowest BCUT2D eigenvalue weighted by atomic mass is 10.0. The third kappa shape index (κ3) is 5.99. The second-order valence-electron chi connectivity index (χ2n) is 17.7. The minimum Gasteiger partial charge on any atom is -0.454 e. The van der Waals surface area contributed by atoms with Crippen LogP contribution < -0.4 is 9.80 Å². The number of furan rings is 3. The molecule has 15 aromatic rings. The third-order valence-corrected chi connectivity index (χ3v) is 13.7. The van der Waals surface area contributed by atoms with Crippen molar-refractivity contribution in [2.45, 2.75) is 0 Å². The van der Waals surface area contributed by atoms with Crippen LogP contribution in [0.4, 0.5) is 34.3 Å². The minimum absolute atomic E-state index is 0.536. The van der Waals surface area contributed by atoms with Crippen molar-refractivity contribution in [1.82, 2.24) is 15.0 Å². The summed E-state index contributed by atoms with van der Waals surface area (Å²) in [6.07, 6.45) is 7.14. The van der Waals surface area contributed by atoms with Crippen LogP contribution in [0.2, 0.25) is 0 Å². The lowest BCUT2D eigenvalue weighted by Crippen LogP contribution is -2.11. The van der Waals surface area contributed by atoms with Gasteiger partial charge in [-0.25, -0.2) is 0 Å². The van der Waals surface area contributed by atoms with Crippen molar-refractivity contribution in [3.05, 3.63) is 213 Å². The molecule has 0 bridgehead atoms. The maximum atomic E-state index is 6.82. The molecular formula is C61H35N5O3. The Balaban J connectivity index is 0.887. The first-order valence-corrected chi connectivity index (χ1v) is 22.9. The molecule has 0 N–H and O–H groups in total. The molecule has 0 radical (unpaired) electrons. The first kappa shape index (κ1) is 37.7. The van der Waals surface area contributed by atoms with Gasteiger partial charge in [-0.3, -0.25) is 14.9 Å². The van der Waals surface area contributed by atoms with E-state index in [0.29, 0.717) is 11.5 Å². The maximum absolute atomic E-state index is 6.82. The molecule has 69 heavy (non-hydrogen) atoms. The number of benzene rings is 9. The van der Waals surface area contributed by atoms with Crippen LogP contribution in [0.3, 0.4) is 0 Å². The summed E-state index contributed by atoms with van der Waals surface area (Å²) in [5.41, 5.74) is 9.05. The third-order valence-electron chi connectivity index (χ3n) is 13.7. The van der Waals surface area contributed by atoms with E-state index in [-0.39, 0.29) is 0 Å². The predicted molar refractivity (Wildman–Crippen MR) is 281 cm³/mol. The van der Waals surface area contributed by atoms with Gasteiger partial charge in [0.2, 0.25) is 5.71 Å². The van der Waals surface area contributed by atoms with Gasteiger partial charge in [-0.1, -0.05) is 60.7 Å². The molecule has 0 spiro atoms. The van der Waals surface area contributed by atoms with Crippen molar-refractivity contribution in [3.8, 4) is 0 Å². The van der Waals surface area contributed by atoms with Gasteiger partial charge >= 0.3 is 0 Å². The fourth-order valence-corrected chi connectivity index (χ4v) is 10.4. The second kappa shape index (κ2) is 14.5. The summed E-state index contributed by atoms with van der Waals surface area (Å²) < 4.78 is 19.6. The molecule has 0 aliphatic carbocycles. The lowest BCUT2D eigenvalue weighted by Gasteiger charge is -2.26. The van der Waals surface area contributed by atoms with Crippen LogP contribution in [-0.2, 0) is 0 Å². The predicted octanol–water partition coefficient (Wildman–Crippen LogP) is 17.1. The summed E-state index contributed by atoms with van der Waals surface area (Å²) in [6, 6.07) is 66.6. The summed E-state index contributed by atoms with van der Waals surface area (Å²) in [5, 5.41) is 15.4. The molecule has 0 amide bonds. The summed E-state index contributed by atoms with van der Waals surface area (Å²) in [6.45, 7) is 0. The van der Waals surface area contributed by atoms with Crippen molar-refractivity contribution >= 4 is 143 Å². The van der Waals surface area contributed by atoms with Crippen LogP contribution in [-0.4, -0.2) is 15.0 Å². The van der Waals surface area contributed by atoms with E-state index in [0.717, 1.165) is 105 Å². The van der Waals surface area contributed by atoms with Crippen molar-refractivity contribution < 1.29 is 13.3 Å². The summed E-state index contributed by atoms with van der Waals surface area (Å²) in [4.78, 5) is 18.4. The average Bonchev–Trinajstić information content (AvgIpc) is 4.08. The molecule has 0 fully saturated rings. The summed E-state index contributed by atoms with van der Waals surface area (Å²) >= 11 is 0. The second-order valence-corrected chi connectivity index (χ2v) is 17.7. The molecule has 0 saturated heterocycles. The van der Waals surface area contributed by atoms with Gasteiger partial charge in [-0.05, 0) is 152 Å². The van der Waals surface area contributed by atoms with Crippen LogP contribution in [0.5, 0.6) is 0 Å². The highest BCUT2D eigenvalue weighted by Gasteiger charge is 2.22. The molecule has 0 aliphatic rings. The topological polar surface area (TPSA) is 84.6 Å². The highest BCUT2D eigenvalue weighted by Crippen LogP contribution is 2.44. The van der Waals surface area contributed by atoms with E-state index in [1.807, 2.05) is 12.1 Å². The van der Waals surface area contributed by atoms with Gasteiger partial charge in [-0.2, -0.15) is 4.98 Å². The van der Waals surface area contributed by atoms with Crippen LogP contribution >= 0.6 is 0 Å². The number of nitrogens with zero attached hydrogens (tertiary/aromatic N) is 5. The average molecular weight is 886 g/mol. The van der Waals surface area contributed by atoms with Gasteiger partial charge in [-0.15, -0.1) is 0 Å². The van der Waals surface area contributed by atoms with E-state index in [1.54, 1.807) is 24.8 Å². The molecule has 0 saturated carbocycles. The van der Waals surface area contributed by atoms with Crippen LogP contribution in [0, 0.1) is 0 Å². The highest BCUT2D eigenvalue weighted by molar-refractivity contribution is 6.10. The zero-order valence-corrected chi connectivity index (χ0v) is 36.7. The Morgan fingerprint density at radius 2 is 0.681 bits per heavy atom. The molecule has 0 aliphatic heterocycles. The number of anilines is 6. The summed E-state index contributed by atoms with van der Waals surface area (Å²) in [7, 11) is 0. The van der Waals surface area contributed by atoms with Gasteiger partial charge in [0.15, 0.2) is 11.2 Å². The largest absolute Gasteiger partial charge is 0.454 e. The van der Waals surface area contributed by atoms with E-state index in [2.05, 4.69) is 196 Å². The standard InChI is InChI=1S/C61H35N5O3/c1-3-7-38-27-42-29-44(11-9-40(42)25-36(38)5-1)65(46-13-16-49-52-21-23-62-34-58(52)67-55(49)31-46)47-14-18-51-54-19-20-60(64-61(54)69-57(51)32-47)66(48-15-17-50-53-22-24-63-35-59(53)68-56(50)33-48)45-12-10-41-26-37-6-2-4-8-39(37)28-43(41)30-45/h1-35H. The van der Waals surface area contributed by atoms with E-state index in [4.69, 9.17) is 18.2 Å². The Morgan fingerprint density at radius 3 is 1.22 bits per heavy atom. The first-order valence-electron chi connectivity index (χ1n) is 22.9. The molecule has 8 heteroatoms. The molecule has 0 unspecified atom stereocenters. The maximum Gasteiger partial charge on any atom is 0.229 e. The number of hydrogen-bond acceptors (Lipinski definition) is 8. The minimum atomic E-state index is 0.536. The number of fused-ring (bicyclic) bond motifs is 13. The van der Waals surface area contributed by atoms with Crippen molar-refractivity contribution in [2.24, 2.45) is 0 Å². The lowest BCUT2D eigenvalue weighted by molar-refractivity contribution is 0.654. The molecule has 9 aromatic carbocycles. The Labute approximate surface area is 392 Å². The normalized spacial score (nSPS) is 12.1.